The van der Waals surface area contributed by atoms with E-state index < -0.39 is 18.0 Å². The fourth-order valence-corrected chi connectivity index (χ4v) is 3.52. The molecule has 26 heavy (non-hydrogen) atoms. The highest BCUT2D eigenvalue weighted by Gasteiger charge is 2.41. The maximum absolute atomic E-state index is 12.8. The van der Waals surface area contributed by atoms with Crippen molar-refractivity contribution >= 4 is 23.5 Å². The zero-order valence-corrected chi connectivity index (χ0v) is 15.1. The Balaban J connectivity index is 1.68. The number of hydrogen-bond donors (Lipinski definition) is 1. The minimum atomic E-state index is -0.956. The van der Waals surface area contributed by atoms with Crippen LogP contribution in [0.15, 0.2) is 18.2 Å². The molecule has 1 N–H and O–H groups in total. The van der Waals surface area contributed by atoms with Gasteiger partial charge in [-0.25, -0.2) is 0 Å². The first-order valence-corrected chi connectivity index (χ1v) is 8.87. The summed E-state index contributed by atoms with van der Waals surface area (Å²) in [5, 5.41) is 8.90. The van der Waals surface area contributed by atoms with E-state index in [1.165, 1.54) is 0 Å². The molecule has 0 aliphatic carbocycles. The number of carboxylic acids is 1. The second-order valence-electron chi connectivity index (χ2n) is 6.97. The van der Waals surface area contributed by atoms with E-state index >= 15 is 0 Å². The quantitative estimate of drug-likeness (QED) is 0.819. The van der Waals surface area contributed by atoms with Gasteiger partial charge in [0.05, 0.1) is 19.1 Å². The third kappa shape index (κ3) is 3.72. The lowest BCUT2D eigenvalue weighted by Crippen LogP contribution is -2.49. The van der Waals surface area contributed by atoms with Crippen molar-refractivity contribution in [1.29, 1.82) is 0 Å². The number of carboxylic acid groups (broad SMARTS) is 1. The first-order valence-electron chi connectivity index (χ1n) is 8.87. The molecule has 1 aromatic rings. The summed E-state index contributed by atoms with van der Waals surface area (Å²) in [6, 6.07) is 5.86. The molecular weight excluding hydrogens is 336 g/mol. The summed E-state index contributed by atoms with van der Waals surface area (Å²) in [4.78, 5) is 39.7. The normalized spacial score (nSPS) is 23.4. The molecule has 2 amide bonds. The molecule has 7 nitrogen and oxygen atoms in total. The van der Waals surface area contributed by atoms with Crippen LogP contribution in [-0.4, -0.2) is 60.1 Å². The van der Waals surface area contributed by atoms with Crippen LogP contribution < -0.4 is 4.90 Å². The smallest absolute Gasteiger partial charge is 0.306 e. The highest BCUT2D eigenvalue weighted by Crippen LogP contribution is 2.28. The Labute approximate surface area is 152 Å². The number of carbonyl (C=O) groups is 3. The Morgan fingerprint density at radius 2 is 2.00 bits per heavy atom. The van der Waals surface area contributed by atoms with Crippen molar-refractivity contribution in [2.45, 2.75) is 32.8 Å². The van der Waals surface area contributed by atoms with Crippen molar-refractivity contribution in [2.75, 3.05) is 31.1 Å². The van der Waals surface area contributed by atoms with Crippen molar-refractivity contribution in [3.8, 4) is 0 Å². The fourth-order valence-electron chi connectivity index (χ4n) is 3.52. The number of aryl methyl sites for hydroxylation is 2. The van der Waals surface area contributed by atoms with E-state index in [1.807, 2.05) is 32.0 Å². The molecule has 140 valence electrons. The Kier molecular flexibility index (Phi) is 5.27. The van der Waals surface area contributed by atoms with Crippen LogP contribution in [0.1, 0.15) is 24.0 Å². The maximum atomic E-state index is 12.8. The Bertz CT molecular complexity index is 733. The van der Waals surface area contributed by atoms with Crippen LogP contribution in [0.25, 0.3) is 0 Å². The average Bonchev–Trinajstić information content (AvgIpc) is 2.98. The second kappa shape index (κ2) is 7.45. The lowest BCUT2D eigenvalue weighted by molar-refractivity contribution is -0.151. The SMILES string of the molecule is Cc1ccc(N2CC[C@H](C(=O)N3CCO[C@H](CC(=O)O)C3)C2=O)cc1C. The summed E-state index contributed by atoms with van der Waals surface area (Å²) >= 11 is 0. The van der Waals surface area contributed by atoms with Gasteiger partial charge in [-0.1, -0.05) is 6.07 Å². The maximum Gasteiger partial charge on any atom is 0.306 e. The number of ether oxygens (including phenoxy) is 1. The van der Waals surface area contributed by atoms with Crippen molar-refractivity contribution < 1.29 is 24.2 Å². The van der Waals surface area contributed by atoms with Crippen LogP contribution in [0.2, 0.25) is 0 Å². The minimum Gasteiger partial charge on any atom is -0.481 e. The highest BCUT2D eigenvalue weighted by atomic mass is 16.5. The third-order valence-corrected chi connectivity index (χ3v) is 5.16. The van der Waals surface area contributed by atoms with Gasteiger partial charge in [0.15, 0.2) is 0 Å². The van der Waals surface area contributed by atoms with Crippen molar-refractivity contribution in [3.63, 3.8) is 0 Å². The predicted molar refractivity (Wildman–Crippen MR) is 94.9 cm³/mol. The summed E-state index contributed by atoms with van der Waals surface area (Å²) in [5.41, 5.74) is 3.08. The number of nitrogens with zero attached hydrogens (tertiary/aromatic N) is 2. The van der Waals surface area contributed by atoms with Gasteiger partial charge in [0, 0.05) is 25.3 Å². The molecule has 2 atom stereocenters. The molecule has 2 fully saturated rings. The predicted octanol–water partition coefficient (Wildman–Crippen LogP) is 1.36. The number of morpholine rings is 1. The van der Waals surface area contributed by atoms with Crippen LogP contribution in [0.4, 0.5) is 5.69 Å². The molecule has 2 aliphatic rings. The van der Waals surface area contributed by atoms with E-state index in [0.717, 1.165) is 16.8 Å². The fraction of sp³-hybridized carbons (Fsp3) is 0.526. The van der Waals surface area contributed by atoms with Crippen LogP contribution in [0, 0.1) is 19.8 Å². The standard InChI is InChI=1S/C19H24N2O5/c1-12-3-4-14(9-13(12)2)21-6-5-16(19(21)25)18(24)20-7-8-26-15(11-20)10-17(22)23/h3-4,9,15-16H,5-8,10-11H2,1-2H3,(H,22,23)/t15-,16-/m1/s1. The van der Waals surface area contributed by atoms with Crippen LogP contribution in [0.3, 0.4) is 0 Å². The summed E-state index contributed by atoms with van der Waals surface area (Å²) in [6.07, 6.45) is -0.180. The highest BCUT2D eigenvalue weighted by molar-refractivity contribution is 6.09. The van der Waals surface area contributed by atoms with Gasteiger partial charge in [-0.3, -0.25) is 14.4 Å². The number of amides is 2. The lowest BCUT2D eigenvalue weighted by atomic mass is 10.1. The zero-order chi connectivity index (χ0) is 18.8. The number of aliphatic carboxylic acids is 1. The largest absolute Gasteiger partial charge is 0.481 e. The number of benzene rings is 1. The van der Waals surface area contributed by atoms with Gasteiger partial charge in [0.25, 0.3) is 0 Å². The number of anilines is 1. The molecule has 0 bridgehead atoms. The second-order valence-corrected chi connectivity index (χ2v) is 6.97. The van der Waals surface area contributed by atoms with Gasteiger partial charge < -0.3 is 19.6 Å². The summed E-state index contributed by atoms with van der Waals surface area (Å²) in [7, 11) is 0. The first-order chi connectivity index (χ1) is 12.4. The molecule has 0 spiro atoms. The zero-order valence-electron chi connectivity index (χ0n) is 15.1. The molecule has 2 saturated heterocycles. The Morgan fingerprint density at radius 3 is 2.69 bits per heavy atom. The minimum absolute atomic E-state index is 0.142. The van der Waals surface area contributed by atoms with Crippen LogP contribution >= 0.6 is 0 Å². The molecular formula is C19H24N2O5. The molecule has 0 unspecified atom stereocenters. The van der Waals surface area contributed by atoms with Gasteiger partial charge in [0.1, 0.15) is 5.92 Å². The number of rotatable bonds is 4. The molecule has 2 aliphatic heterocycles. The molecule has 0 aromatic heterocycles. The van der Waals surface area contributed by atoms with Crippen LogP contribution in [-0.2, 0) is 19.1 Å². The monoisotopic (exact) mass is 360 g/mol. The van der Waals surface area contributed by atoms with Gasteiger partial charge in [0.2, 0.25) is 11.8 Å². The van der Waals surface area contributed by atoms with Crippen molar-refractivity contribution in [1.82, 2.24) is 4.90 Å². The van der Waals surface area contributed by atoms with Crippen LogP contribution in [0.5, 0.6) is 0 Å². The Hall–Kier alpha value is -2.41. The van der Waals surface area contributed by atoms with Gasteiger partial charge in [-0.15, -0.1) is 0 Å². The lowest BCUT2D eigenvalue weighted by Gasteiger charge is -2.33. The van der Waals surface area contributed by atoms with Crippen molar-refractivity contribution in [2.24, 2.45) is 5.92 Å². The molecule has 0 radical (unpaired) electrons. The summed E-state index contributed by atoms with van der Waals surface area (Å²) < 4.78 is 5.40. The van der Waals surface area contributed by atoms with Gasteiger partial charge in [-0.2, -0.15) is 0 Å². The van der Waals surface area contributed by atoms with E-state index in [2.05, 4.69) is 0 Å². The topological polar surface area (TPSA) is 87.2 Å². The van der Waals surface area contributed by atoms with E-state index in [9.17, 15) is 14.4 Å². The number of carbonyl (C=O) groups excluding carboxylic acids is 2. The van der Waals surface area contributed by atoms with E-state index in [4.69, 9.17) is 9.84 Å². The molecule has 0 saturated carbocycles. The third-order valence-electron chi connectivity index (χ3n) is 5.16. The molecule has 3 rings (SSSR count). The molecule has 1 aromatic carbocycles. The average molecular weight is 360 g/mol. The molecule has 2 heterocycles. The first kappa shape index (κ1) is 18.4. The van der Waals surface area contributed by atoms with E-state index in [0.29, 0.717) is 26.1 Å². The summed E-state index contributed by atoms with van der Waals surface area (Å²) in [6.45, 7) is 5.44. The van der Waals surface area contributed by atoms with Crippen molar-refractivity contribution in [3.05, 3.63) is 29.3 Å². The van der Waals surface area contributed by atoms with E-state index in [-0.39, 0.29) is 24.8 Å². The molecule has 7 heteroatoms. The number of hydrogen-bond acceptors (Lipinski definition) is 4. The summed E-state index contributed by atoms with van der Waals surface area (Å²) in [5.74, 6) is -2.05. The van der Waals surface area contributed by atoms with Gasteiger partial charge >= 0.3 is 5.97 Å². The van der Waals surface area contributed by atoms with E-state index in [1.54, 1.807) is 9.80 Å². The van der Waals surface area contributed by atoms with Gasteiger partial charge in [-0.05, 0) is 43.5 Å². The Morgan fingerprint density at radius 1 is 1.23 bits per heavy atom.